The summed E-state index contributed by atoms with van der Waals surface area (Å²) in [6.45, 7) is 1.90. The number of hydrogen-bond acceptors (Lipinski definition) is 3. The van der Waals surface area contributed by atoms with Crippen molar-refractivity contribution < 1.29 is 14.4 Å². The topological polar surface area (TPSA) is 85.5 Å². The molecule has 0 bridgehead atoms. The first-order chi connectivity index (χ1) is 22.3. The minimum Gasteiger partial charge on any atom is -0.358 e. The zero-order valence-electron chi connectivity index (χ0n) is 26.9. The Morgan fingerprint density at radius 2 is 1.48 bits per heavy atom. The fraction of sp³-hybridized carbons (Fsp3) is 0.308. The summed E-state index contributed by atoms with van der Waals surface area (Å²) in [4.78, 5) is 49.2. The molecule has 1 aromatic heterocycles. The van der Waals surface area contributed by atoms with Gasteiger partial charge in [-0.3, -0.25) is 14.4 Å². The summed E-state index contributed by atoms with van der Waals surface area (Å²) in [5.41, 5.74) is 3.17. The average molecular weight is 615 g/mol. The molecule has 1 saturated carbocycles. The molecule has 236 valence electrons. The van der Waals surface area contributed by atoms with Crippen molar-refractivity contribution in [3.8, 4) is 0 Å². The molecule has 46 heavy (non-hydrogen) atoms. The van der Waals surface area contributed by atoms with Crippen LogP contribution in [0.25, 0.3) is 21.7 Å². The maximum Gasteiger partial charge on any atom is 0.256 e. The highest BCUT2D eigenvalue weighted by atomic mass is 16.2. The van der Waals surface area contributed by atoms with Crippen molar-refractivity contribution in [1.82, 2.24) is 20.1 Å². The minimum absolute atomic E-state index is 0.0890. The van der Waals surface area contributed by atoms with Gasteiger partial charge in [0.15, 0.2) is 0 Å². The van der Waals surface area contributed by atoms with Gasteiger partial charge in [0.1, 0.15) is 11.7 Å². The monoisotopic (exact) mass is 614 g/mol. The lowest BCUT2D eigenvalue weighted by molar-refractivity contribution is -0.138. The summed E-state index contributed by atoms with van der Waals surface area (Å²) in [6, 6.07) is 31.8. The number of H-pyrrole nitrogens is 1. The van der Waals surface area contributed by atoms with E-state index in [-0.39, 0.29) is 24.1 Å². The lowest BCUT2D eigenvalue weighted by Gasteiger charge is -2.44. The molecule has 2 N–H and O–H groups in total. The molecule has 0 aliphatic heterocycles. The van der Waals surface area contributed by atoms with E-state index in [4.69, 9.17) is 0 Å². The van der Waals surface area contributed by atoms with Gasteiger partial charge in [-0.25, -0.2) is 0 Å². The van der Waals surface area contributed by atoms with Crippen molar-refractivity contribution in [2.24, 2.45) is 0 Å². The number of likely N-dealkylation sites (N-methyl/N-ethyl adjacent to an activating group) is 2. The molecule has 0 saturated heterocycles. The smallest absolute Gasteiger partial charge is 0.256 e. The highest BCUT2D eigenvalue weighted by Crippen LogP contribution is 2.36. The summed E-state index contributed by atoms with van der Waals surface area (Å²) in [6.07, 6.45) is 3.88. The standard InChI is InChI=1S/C39H42N4O3/c1-27-36(32-18-10-11-19-33(32)40-27)37(45)43(3)39(22-12-5-13-23-39)38(46)41-34(42(2)35(44)26-28-14-6-4-7-15-28)25-29-20-21-30-16-8-9-17-31(30)24-29/h4,6-11,14-21,24,34,40H,5,12-13,22-23,25-26H2,1-3H3,(H,41,46). The van der Waals surface area contributed by atoms with Crippen molar-refractivity contribution in [2.45, 2.75) is 63.6 Å². The number of benzene rings is 4. The number of para-hydroxylation sites is 1. The van der Waals surface area contributed by atoms with Gasteiger partial charge in [-0.1, -0.05) is 110 Å². The van der Waals surface area contributed by atoms with Crippen molar-refractivity contribution in [2.75, 3.05) is 14.1 Å². The van der Waals surface area contributed by atoms with Crippen molar-refractivity contribution in [3.63, 3.8) is 0 Å². The third-order valence-electron chi connectivity index (χ3n) is 9.76. The van der Waals surface area contributed by atoms with E-state index in [1.165, 1.54) is 0 Å². The van der Waals surface area contributed by atoms with Crippen molar-refractivity contribution >= 4 is 39.4 Å². The zero-order chi connectivity index (χ0) is 32.3. The number of amides is 3. The Kier molecular flexibility index (Phi) is 8.93. The van der Waals surface area contributed by atoms with Gasteiger partial charge in [-0.05, 0) is 47.7 Å². The van der Waals surface area contributed by atoms with Gasteiger partial charge >= 0.3 is 0 Å². The third-order valence-corrected chi connectivity index (χ3v) is 9.76. The molecule has 1 atom stereocenters. The number of aromatic amines is 1. The minimum atomic E-state index is -1.04. The lowest BCUT2D eigenvalue weighted by Crippen LogP contribution is -2.63. The molecule has 1 aliphatic carbocycles. The molecule has 0 radical (unpaired) electrons. The van der Waals surface area contributed by atoms with Gasteiger partial charge in [0.05, 0.1) is 12.0 Å². The van der Waals surface area contributed by atoms with E-state index in [1.54, 1.807) is 23.9 Å². The summed E-state index contributed by atoms with van der Waals surface area (Å²) in [5, 5.41) is 6.38. The van der Waals surface area contributed by atoms with E-state index in [0.29, 0.717) is 24.8 Å². The predicted molar refractivity (Wildman–Crippen MR) is 183 cm³/mol. The van der Waals surface area contributed by atoms with Crippen LogP contribution in [0.3, 0.4) is 0 Å². The molecular formula is C39H42N4O3. The van der Waals surface area contributed by atoms with Crippen LogP contribution in [0.1, 0.15) is 59.3 Å². The van der Waals surface area contributed by atoms with Gasteiger partial charge in [0, 0.05) is 37.1 Å². The first-order valence-electron chi connectivity index (χ1n) is 16.2. The number of nitrogens with one attached hydrogen (secondary N) is 2. The van der Waals surface area contributed by atoms with Crippen LogP contribution in [-0.4, -0.2) is 58.3 Å². The second kappa shape index (κ2) is 13.2. The number of nitrogens with zero attached hydrogens (tertiary/aromatic N) is 2. The molecular weight excluding hydrogens is 572 g/mol. The highest BCUT2D eigenvalue weighted by molar-refractivity contribution is 6.09. The molecule has 1 fully saturated rings. The molecule has 1 unspecified atom stereocenters. The number of hydrogen-bond donors (Lipinski definition) is 2. The van der Waals surface area contributed by atoms with E-state index in [2.05, 4.69) is 40.6 Å². The van der Waals surface area contributed by atoms with E-state index in [1.807, 2.05) is 73.7 Å². The Morgan fingerprint density at radius 1 is 0.804 bits per heavy atom. The van der Waals surface area contributed by atoms with E-state index in [9.17, 15) is 14.4 Å². The van der Waals surface area contributed by atoms with E-state index < -0.39 is 11.7 Å². The molecule has 0 spiro atoms. The van der Waals surface area contributed by atoms with Crippen LogP contribution in [0, 0.1) is 6.92 Å². The lowest BCUT2D eigenvalue weighted by atomic mass is 9.79. The average Bonchev–Trinajstić information content (AvgIpc) is 3.43. The summed E-state index contributed by atoms with van der Waals surface area (Å²) >= 11 is 0. The van der Waals surface area contributed by atoms with E-state index >= 15 is 0 Å². The summed E-state index contributed by atoms with van der Waals surface area (Å²) in [5.74, 6) is -0.480. The summed E-state index contributed by atoms with van der Waals surface area (Å²) < 4.78 is 0. The number of carbonyl (C=O) groups is 3. The van der Waals surface area contributed by atoms with E-state index in [0.717, 1.165) is 57.8 Å². The zero-order valence-corrected chi connectivity index (χ0v) is 26.9. The van der Waals surface area contributed by atoms with Gasteiger partial charge in [0.25, 0.3) is 5.91 Å². The van der Waals surface area contributed by atoms with Crippen LogP contribution in [0.5, 0.6) is 0 Å². The Balaban J connectivity index is 1.32. The van der Waals surface area contributed by atoms with Crippen LogP contribution in [0.2, 0.25) is 0 Å². The number of fused-ring (bicyclic) bond motifs is 2. The maximum atomic E-state index is 14.6. The second-order valence-corrected chi connectivity index (χ2v) is 12.7. The van der Waals surface area contributed by atoms with Crippen LogP contribution in [0.15, 0.2) is 97.1 Å². The molecule has 5 aromatic rings. The second-order valence-electron chi connectivity index (χ2n) is 12.7. The number of aromatic nitrogens is 1. The molecule has 7 heteroatoms. The Hall–Kier alpha value is -4.91. The highest BCUT2D eigenvalue weighted by Gasteiger charge is 2.47. The van der Waals surface area contributed by atoms with Crippen LogP contribution < -0.4 is 5.32 Å². The predicted octanol–water partition coefficient (Wildman–Crippen LogP) is 6.79. The molecule has 6 rings (SSSR count). The third kappa shape index (κ3) is 6.14. The van der Waals surface area contributed by atoms with Crippen molar-refractivity contribution in [1.29, 1.82) is 0 Å². The van der Waals surface area contributed by atoms with Crippen LogP contribution >= 0.6 is 0 Å². The maximum absolute atomic E-state index is 14.6. The Morgan fingerprint density at radius 3 is 2.24 bits per heavy atom. The first kappa shape index (κ1) is 31.1. The quantitative estimate of drug-likeness (QED) is 0.179. The van der Waals surface area contributed by atoms with Crippen LogP contribution in [0.4, 0.5) is 0 Å². The molecule has 7 nitrogen and oxygen atoms in total. The summed E-state index contributed by atoms with van der Waals surface area (Å²) in [7, 11) is 3.52. The normalized spacial score (nSPS) is 14.9. The Labute approximate surface area is 270 Å². The number of carbonyl (C=O) groups excluding carboxylic acids is 3. The fourth-order valence-corrected chi connectivity index (χ4v) is 6.99. The van der Waals surface area contributed by atoms with Gasteiger partial charge in [-0.15, -0.1) is 0 Å². The van der Waals surface area contributed by atoms with Gasteiger partial charge < -0.3 is 20.1 Å². The SMILES string of the molecule is Cc1[nH]c2ccccc2c1C(=O)N(C)C1(C(=O)NC(Cc2ccc3ccccc3c2)N(C)C(=O)Cc2ccccc2)CCCCC1. The number of aryl methyl sites for hydroxylation is 1. The fourth-order valence-electron chi connectivity index (χ4n) is 6.99. The van der Waals surface area contributed by atoms with Gasteiger partial charge in [-0.2, -0.15) is 0 Å². The van der Waals surface area contributed by atoms with Crippen LogP contribution in [-0.2, 0) is 22.4 Å². The van der Waals surface area contributed by atoms with Gasteiger partial charge in [0.2, 0.25) is 11.8 Å². The Bertz CT molecular complexity index is 1870. The largest absolute Gasteiger partial charge is 0.358 e. The molecule has 1 heterocycles. The molecule has 4 aromatic carbocycles. The van der Waals surface area contributed by atoms with Crippen molar-refractivity contribution in [3.05, 3.63) is 119 Å². The molecule has 3 amide bonds. The first-order valence-corrected chi connectivity index (χ1v) is 16.2. The number of rotatable bonds is 9. The molecule has 1 aliphatic rings.